The number of benzene rings is 1. The van der Waals surface area contributed by atoms with Gasteiger partial charge in [-0.2, -0.15) is 5.26 Å². The number of furan rings is 1. The Morgan fingerprint density at radius 3 is 2.52 bits per heavy atom. The SMILES string of the molecule is Cc1cc(C)cc(N(CCC#N)C(=O)c2ccoc2Br)c1. The lowest BCUT2D eigenvalue weighted by atomic mass is 10.1. The summed E-state index contributed by atoms with van der Waals surface area (Å²) in [6.45, 7) is 4.31. The van der Waals surface area contributed by atoms with Crippen molar-refractivity contribution >= 4 is 27.5 Å². The van der Waals surface area contributed by atoms with E-state index in [0.29, 0.717) is 16.8 Å². The summed E-state index contributed by atoms with van der Waals surface area (Å²) in [6.07, 6.45) is 1.73. The van der Waals surface area contributed by atoms with E-state index in [1.807, 2.05) is 32.0 Å². The first kappa shape index (κ1) is 15.3. The van der Waals surface area contributed by atoms with Gasteiger partial charge in [0.1, 0.15) is 0 Å². The maximum Gasteiger partial charge on any atom is 0.262 e. The summed E-state index contributed by atoms with van der Waals surface area (Å²) in [5.74, 6) is -0.184. The van der Waals surface area contributed by atoms with E-state index >= 15 is 0 Å². The second-order valence-corrected chi connectivity index (χ2v) is 5.54. The van der Waals surface area contributed by atoms with Gasteiger partial charge in [-0.15, -0.1) is 0 Å². The Morgan fingerprint density at radius 2 is 2.00 bits per heavy atom. The van der Waals surface area contributed by atoms with Gasteiger partial charge in [-0.25, -0.2) is 0 Å². The largest absolute Gasteiger partial charge is 0.457 e. The van der Waals surface area contributed by atoms with Gasteiger partial charge in [-0.1, -0.05) is 6.07 Å². The fourth-order valence-electron chi connectivity index (χ4n) is 2.21. The van der Waals surface area contributed by atoms with Gasteiger partial charge in [-0.05, 0) is 59.1 Å². The fourth-order valence-corrected chi connectivity index (χ4v) is 2.62. The number of amides is 1. The molecule has 1 aromatic carbocycles. The summed E-state index contributed by atoms with van der Waals surface area (Å²) >= 11 is 3.23. The number of halogens is 1. The summed E-state index contributed by atoms with van der Waals surface area (Å²) in [6, 6.07) is 9.63. The topological polar surface area (TPSA) is 57.2 Å². The fraction of sp³-hybridized carbons (Fsp3) is 0.250. The number of anilines is 1. The zero-order valence-corrected chi connectivity index (χ0v) is 13.5. The lowest BCUT2D eigenvalue weighted by Crippen LogP contribution is -2.31. The molecule has 0 saturated carbocycles. The van der Waals surface area contributed by atoms with Crippen LogP contribution in [0.3, 0.4) is 0 Å². The van der Waals surface area contributed by atoms with Crippen molar-refractivity contribution in [1.29, 1.82) is 5.26 Å². The van der Waals surface area contributed by atoms with Crippen LogP contribution in [0.4, 0.5) is 5.69 Å². The van der Waals surface area contributed by atoms with Crippen LogP contribution in [0.1, 0.15) is 27.9 Å². The Hall–Kier alpha value is -2.06. The molecule has 0 fully saturated rings. The van der Waals surface area contributed by atoms with Crippen molar-refractivity contribution in [2.75, 3.05) is 11.4 Å². The Balaban J connectivity index is 2.41. The molecule has 5 heteroatoms. The molecule has 0 aliphatic rings. The number of carbonyl (C=O) groups is 1. The molecule has 108 valence electrons. The van der Waals surface area contributed by atoms with Crippen molar-refractivity contribution in [2.45, 2.75) is 20.3 Å². The normalized spacial score (nSPS) is 10.2. The zero-order chi connectivity index (χ0) is 15.4. The van der Waals surface area contributed by atoms with Crippen LogP contribution in [-0.2, 0) is 0 Å². The number of rotatable bonds is 4. The van der Waals surface area contributed by atoms with Crippen molar-refractivity contribution in [2.24, 2.45) is 0 Å². The molecule has 0 N–H and O–H groups in total. The Bertz CT molecular complexity index is 680. The van der Waals surface area contributed by atoms with E-state index in [4.69, 9.17) is 9.68 Å². The van der Waals surface area contributed by atoms with Gasteiger partial charge in [0, 0.05) is 12.2 Å². The summed E-state index contributed by atoms with van der Waals surface area (Å²) in [4.78, 5) is 14.3. The molecule has 0 bridgehead atoms. The molecule has 2 rings (SSSR count). The van der Waals surface area contributed by atoms with E-state index < -0.39 is 0 Å². The van der Waals surface area contributed by atoms with Gasteiger partial charge in [0.05, 0.1) is 24.3 Å². The van der Waals surface area contributed by atoms with Crippen LogP contribution in [0.25, 0.3) is 0 Å². The number of carbonyl (C=O) groups excluding carboxylic acids is 1. The maximum absolute atomic E-state index is 12.7. The molecule has 0 unspecified atom stereocenters. The molecule has 2 aromatic rings. The third-order valence-corrected chi connectivity index (χ3v) is 3.67. The molecule has 1 amide bonds. The minimum absolute atomic E-state index is 0.184. The van der Waals surface area contributed by atoms with Crippen molar-refractivity contribution < 1.29 is 9.21 Å². The number of hydrogen-bond donors (Lipinski definition) is 0. The number of hydrogen-bond acceptors (Lipinski definition) is 3. The highest BCUT2D eigenvalue weighted by Gasteiger charge is 2.21. The molecular formula is C16H15BrN2O2. The van der Waals surface area contributed by atoms with Gasteiger partial charge in [0.2, 0.25) is 0 Å². The molecule has 1 aromatic heterocycles. The van der Waals surface area contributed by atoms with Gasteiger partial charge >= 0.3 is 0 Å². The summed E-state index contributed by atoms with van der Waals surface area (Å²) in [7, 11) is 0. The minimum atomic E-state index is -0.184. The van der Waals surface area contributed by atoms with Crippen molar-refractivity contribution in [3.05, 3.63) is 51.9 Å². The van der Waals surface area contributed by atoms with Crippen LogP contribution < -0.4 is 4.90 Å². The van der Waals surface area contributed by atoms with E-state index in [1.165, 1.54) is 6.26 Å². The third-order valence-electron chi connectivity index (χ3n) is 3.06. The molecule has 0 saturated heterocycles. The van der Waals surface area contributed by atoms with Crippen LogP contribution in [0.15, 0.2) is 39.6 Å². The van der Waals surface area contributed by atoms with Crippen LogP contribution in [0.5, 0.6) is 0 Å². The smallest absolute Gasteiger partial charge is 0.262 e. The van der Waals surface area contributed by atoms with E-state index in [1.54, 1.807) is 11.0 Å². The lowest BCUT2D eigenvalue weighted by Gasteiger charge is -2.22. The van der Waals surface area contributed by atoms with Crippen LogP contribution >= 0.6 is 15.9 Å². The predicted molar refractivity (Wildman–Crippen MR) is 84.2 cm³/mol. The van der Waals surface area contributed by atoms with E-state index in [9.17, 15) is 4.79 Å². The van der Waals surface area contributed by atoms with Gasteiger partial charge in [-0.3, -0.25) is 4.79 Å². The second-order valence-electron chi connectivity index (χ2n) is 4.82. The number of aryl methyl sites for hydroxylation is 2. The Morgan fingerprint density at radius 1 is 1.33 bits per heavy atom. The summed E-state index contributed by atoms with van der Waals surface area (Å²) < 4.78 is 5.53. The molecule has 1 heterocycles. The van der Waals surface area contributed by atoms with E-state index in [2.05, 4.69) is 22.0 Å². The first-order chi connectivity index (χ1) is 10.0. The molecule has 21 heavy (non-hydrogen) atoms. The van der Waals surface area contributed by atoms with Gasteiger partial charge < -0.3 is 9.32 Å². The quantitative estimate of drug-likeness (QED) is 0.832. The predicted octanol–water partition coefficient (Wildman–Crippen LogP) is 4.22. The lowest BCUT2D eigenvalue weighted by molar-refractivity contribution is 0.0986. The number of nitriles is 1. The van der Waals surface area contributed by atoms with Crippen LogP contribution in [0, 0.1) is 25.2 Å². The first-order valence-electron chi connectivity index (χ1n) is 6.53. The van der Waals surface area contributed by atoms with Crippen molar-refractivity contribution in [3.63, 3.8) is 0 Å². The van der Waals surface area contributed by atoms with Crippen LogP contribution in [-0.4, -0.2) is 12.5 Å². The molecule has 0 aliphatic carbocycles. The first-order valence-corrected chi connectivity index (χ1v) is 7.32. The molecule has 0 atom stereocenters. The highest BCUT2D eigenvalue weighted by molar-refractivity contribution is 9.10. The minimum Gasteiger partial charge on any atom is -0.457 e. The average molecular weight is 347 g/mol. The molecule has 0 aliphatic heterocycles. The molecular weight excluding hydrogens is 332 g/mol. The van der Waals surface area contributed by atoms with Crippen molar-refractivity contribution in [1.82, 2.24) is 0 Å². The van der Waals surface area contributed by atoms with E-state index in [0.717, 1.165) is 16.8 Å². The highest BCUT2D eigenvalue weighted by Crippen LogP contribution is 2.25. The van der Waals surface area contributed by atoms with Crippen molar-refractivity contribution in [3.8, 4) is 6.07 Å². The van der Waals surface area contributed by atoms with Gasteiger partial charge in [0.15, 0.2) is 4.67 Å². The number of nitrogens with zero attached hydrogens (tertiary/aromatic N) is 2. The second kappa shape index (κ2) is 6.59. The summed E-state index contributed by atoms with van der Waals surface area (Å²) in [5.41, 5.74) is 3.39. The molecule has 4 nitrogen and oxygen atoms in total. The monoisotopic (exact) mass is 346 g/mol. The Kier molecular flexibility index (Phi) is 4.81. The zero-order valence-electron chi connectivity index (χ0n) is 11.9. The standard InChI is InChI=1S/C16H15BrN2O2/c1-11-8-12(2)10-13(9-11)19(6-3-5-18)16(20)14-4-7-21-15(14)17/h4,7-10H,3,6H2,1-2H3. The third kappa shape index (κ3) is 3.53. The Labute approximate surface area is 132 Å². The maximum atomic E-state index is 12.7. The summed E-state index contributed by atoms with van der Waals surface area (Å²) in [5, 5.41) is 8.82. The molecule has 0 spiro atoms. The van der Waals surface area contributed by atoms with E-state index in [-0.39, 0.29) is 12.3 Å². The van der Waals surface area contributed by atoms with Gasteiger partial charge in [0.25, 0.3) is 5.91 Å². The molecule has 0 radical (unpaired) electrons. The van der Waals surface area contributed by atoms with Crippen LogP contribution in [0.2, 0.25) is 0 Å². The average Bonchev–Trinajstić information content (AvgIpc) is 2.84. The highest BCUT2D eigenvalue weighted by atomic mass is 79.9.